The third kappa shape index (κ3) is 5.17. The Morgan fingerprint density at radius 1 is 1.39 bits per heavy atom. The summed E-state index contributed by atoms with van der Waals surface area (Å²) in [7, 11) is 0. The standard InChI is InChI=1S/C23H24FN3O3S/c1-6-8-16-12-19(27-30-16)23(3,4)26-21(28)22(31-5)29-17-10-15-9-14(7-2)13-25-20(15)18(24)11-17/h2,9-13,22H,6,8H2,1,3-5H3,(H,26,28). The maximum absolute atomic E-state index is 14.5. The molecule has 0 fully saturated rings. The molecule has 1 amide bonds. The first kappa shape index (κ1) is 22.6. The number of aromatic nitrogens is 2. The van der Waals surface area contributed by atoms with Gasteiger partial charge in [0.15, 0.2) is 5.82 Å². The van der Waals surface area contributed by atoms with Crippen LogP contribution < -0.4 is 10.1 Å². The summed E-state index contributed by atoms with van der Waals surface area (Å²) in [5.41, 5.74) is -0.341. The van der Waals surface area contributed by atoms with Crippen LogP contribution >= 0.6 is 11.8 Å². The van der Waals surface area contributed by atoms with Crippen molar-refractivity contribution in [2.75, 3.05) is 6.26 Å². The van der Waals surface area contributed by atoms with Crippen molar-refractivity contribution in [2.24, 2.45) is 0 Å². The largest absolute Gasteiger partial charge is 0.470 e. The van der Waals surface area contributed by atoms with E-state index in [1.54, 1.807) is 18.4 Å². The number of halogens is 1. The van der Waals surface area contributed by atoms with Gasteiger partial charge in [-0.2, -0.15) is 0 Å². The fourth-order valence-electron chi connectivity index (χ4n) is 3.06. The highest BCUT2D eigenvalue weighted by molar-refractivity contribution is 7.99. The molecule has 162 valence electrons. The number of ether oxygens (including phenoxy) is 1. The van der Waals surface area contributed by atoms with Gasteiger partial charge in [-0.05, 0) is 38.7 Å². The highest BCUT2D eigenvalue weighted by Crippen LogP contribution is 2.27. The highest BCUT2D eigenvalue weighted by Gasteiger charge is 2.31. The first-order valence-corrected chi connectivity index (χ1v) is 11.1. The molecular weight excluding hydrogens is 417 g/mol. The fraction of sp³-hybridized carbons (Fsp3) is 0.348. The molecule has 0 saturated heterocycles. The maximum atomic E-state index is 14.5. The quantitative estimate of drug-likeness (QED) is 0.412. The van der Waals surface area contributed by atoms with Gasteiger partial charge >= 0.3 is 0 Å². The molecule has 1 aromatic carbocycles. The highest BCUT2D eigenvalue weighted by atomic mass is 32.2. The third-order valence-electron chi connectivity index (χ3n) is 4.68. The summed E-state index contributed by atoms with van der Waals surface area (Å²) in [6.45, 7) is 5.71. The van der Waals surface area contributed by atoms with Crippen molar-refractivity contribution in [3.8, 4) is 18.1 Å². The second-order valence-corrected chi connectivity index (χ2v) is 8.47. The summed E-state index contributed by atoms with van der Waals surface area (Å²) in [6.07, 6.45) is 10.3. The number of hydrogen-bond acceptors (Lipinski definition) is 6. The van der Waals surface area contributed by atoms with Gasteiger partial charge in [0.2, 0.25) is 5.44 Å². The average molecular weight is 442 g/mol. The first-order chi connectivity index (χ1) is 14.8. The van der Waals surface area contributed by atoms with Crippen LogP contribution in [0.25, 0.3) is 10.9 Å². The number of benzene rings is 1. The van der Waals surface area contributed by atoms with Crippen LogP contribution in [0.4, 0.5) is 4.39 Å². The Morgan fingerprint density at radius 2 is 2.16 bits per heavy atom. The summed E-state index contributed by atoms with van der Waals surface area (Å²) in [4.78, 5) is 17.0. The van der Waals surface area contributed by atoms with Gasteiger partial charge in [-0.15, -0.1) is 18.2 Å². The molecule has 6 nitrogen and oxygen atoms in total. The number of amides is 1. The number of fused-ring (bicyclic) bond motifs is 1. The van der Waals surface area contributed by atoms with Crippen LogP contribution in [0.15, 0.2) is 35.0 Å². The minimum absolute atomic E-state index is 0.187. The molecule has 3 aromatic rings. The summed E-state index contributed by atoms with van der Waals surface area (Å²) < 4.78 is 25.6. The molecule has 2 aromatic heterocycles. The lowest BCUT2D eigenvalue weighted by molar-refractivity contribution is -0.126. The topological polar surface area (TPSA) is 77.2 Å². The van der Waals surface area contributed by atoms with Crippen LogP contribution in [0.2, 0.25) is 0 Å². The van der Waals surface area contributed by atoms with Crippen LogP contribution in [0.1, 0.15) is 44.2 Å². The summed E-state index contributed by atoms with van der Waals surface area (Å²) in [5, 5.41) is 7.51. The molecule has 31 heavy (non-hydrogen) atoms. The van der Waals surface area contributed by atoms with Crippen molar-refractivity contribution in [3.63, 3.8) is 0 Å². The Labute approximate surface area is 184 Å². The first-order valence-electron chi connectivity index (χ1n) is 9.81. The molecule has 1 unspecified atom stereocenters. The molecule has 0 aliphatic heterocycles. The van der Waals surface area contributed by atoms with E-state index >= 15 is 0 Å². The van der Waals surface area contributed by atoms with Gasteiger partial charge in [-0.1, -0.05) is 18.0 Å². The van der Waals surface area contributed by atoms with Gasteiger partial charge in [-0.25, -0.2) is 4.39 Å². The molecule has 3 rings (SSSR count). The van der Waals surface area contributed by atoms with Crippen molar-refractivity contribution < 1.29 is 18.4 Å². The van der Waals surface area contributed by atoms with Crippen LogP contribution in [0.3, 0.4) is 0 Å². The van der Waals surface area contributed by atoms with Gasteiger partial charge in [-0.3, -0.25) is 9.78 Å². The minimum atomic E-state index is -0.901. The lowest BCUT2D eigenvalue weighted by Crippen LogP contribution is -2.46. The molecule has 1 atom stereocenters. The van der Waals surface area contributed by atoms with Crippen molar-refractivity contribution in [1.82, 2.24) is 15.5 Å². The number of carbonyl (C=O) groups is 1. The fourth-order valence-corrected chi connectivity index (χ4v) is 3.54. The molecule has 0 radical (unpaired) electrons. The zero-order valence-electron chi connectivity index (χ0n) is 17.9. The van der Waals surface area contributed by atoms with Gasteiger partial charge in [0.25, 0.3) is 5.91 Å². The number of nitrogens with zero attached hydrogens (tertiary/aromatic N) is 2. The Balaban J connectivity index is 1.78. The second-order valence-electron chi connectivity index (χ2n) is 7.57. The van der Waals surface area contributed by atoms with E-state index in [1.807, 2.05) is 19.9 Å². The summed E-state index contributed by atoms with van der Waals surface area (Å²) in [5.74, 6) is 2.53. The van der Waals surface area contributed by atoms with Crippen molar-refractivity contribution in [2.45, 2.75) is 44.6 Å². The predicted molar refractivity (Wildman–Crippen MR) is 119 cm³/mol. The van der Waals surface area contributed by atoms with Crippen molar-refractivity contribution in [1.29, 1.82) is 0 Å². The minimum Gasteiger partial charge on any atom is -0.470 e. The maximum Gasteiger partial charge on any atom is 0.272 e. The van der Waals surface area contributed by atoms with E-state index in [4.69, 9.17) is 15.7 Å². The zero-order chi connectivity index (χ0) is 22.6. The summed E-state index contributed by atoms with van der Waals surface area (Å²) >= 11 is 1.19. The van der Waals surface area contributed by atoms with E-state index in [1.165, 1.54) is 24.0 Å². The van der Waals surface area contributed by atoms with Crippen LogP contribution in [0.5, 0.6) is 5.75 Å². The molecule has 1 N–H and O–H groups in total. The lowest BCUT2D eigenvalue weighted by Gasteiger charge is -2.26. The van der Waals surface area contributed by atoms with E-state index in [9.17, 15) is 9.18 Å². The molecule has 0 aliphatic carbocycles. The summed E-state index contributed by atoms with van der Waals surface area (Å²) in [6, 6.07) is 6.31. The number of rotatable bonds is 8. The smallest absolute Gasteiger partial charge is 0.272 e. The Kier molecular flexibility index (Phi) is 6.86. The lowest BCUT2D eigenvalue weighted by atomic mass is 10.00. The SMILES string of the molecule is C#Cc1cnc2c(F)cc(OC(SC)C(=O)NC(C)(C)c3cc(CCC)on3)cc2c1. The van der Waals surface area contributed by atoms with Gasteiger partial charge in [0.1, 0.15) is 22.7 Å². The molecule has 8 heteroatoms. The molecule has 2 heterocycles. The number of nitrogens with one attached hydrogen (secondary N) is 1. The van der Waals surface area contributed by atoms with Gasteiger partial charge in [0.05, 0.1) is 5.54 Å². The number of carbonyl (C=O) groups excluding carboxylic acids is 1. The Bertz CT molecular complexity index is 1140. The second kappa shape index (κ2) is 9.40. The number of pyridine rings is 1. The monoisotopic (exact) mass is 441 g/mol. The Morgan fingerprint density at radius 3 is 2.84 bits per heavy atom. The third-order valence-corrected chi connectivity index (χ3v) is 5.42. The average Bonchev–Trinajstić information content (AvgIpc) is 3.21. The number of hydrogen-bond donors (Lipinski definition) is 1. The van der Waals surface area contributed by atoms with Gasteiger partial charge < -0.3 is 14.6 Å². The van der Waals surface area contributed by atoms with Gasteiger partial charge in [0, 0.05) is 35.7 Å². The van der Waals surface area contributed by atoms with E-state index in [2.05, 4.69) is 28.3 Å². The van der Waals surface area contributed by atoms with Crippen LogP contribution in [0, 0.1) is 18.2 Å². The van der Waals surface area contributed by atoms with E-state index in [0.29, 0.717) is 16.6 Å². The number of thioether (sulfide) groups is 1. The normalized spacial score (nSPS) is 12.4. The van der Waals surface area contributed by atoms with Crippen LogP contribution in [-0.2, 0) is 16.8 Å². The molecule has 0 spiro atoms. The van der Waals surface area contributed by atoms with E-state index in [-0.39, 0.29) is 17.2 Å². The van der Waals surface area contributed by atoms with Crippen LogP contribution in [-0.4, -0.2) is 27.7 Å². The van der Waals surface area contributed by atoms with E-state index in [0.717, 1.165) is 18.6 Å². The Hall–Kier alpha value is -3.05. The zero-order valence-corrected chi connectivity index (χ0v) is 18.7. The van der Waals surface area contributed by atoms with E-state index < -0.39 is 16.8 Å². The molecule has 0 saturated carbocycles. The number of terminal acetylenes is 1. The molecule has 0 aliphatic rings. The molecular formula is C23H24FN3O3S. The number of aryl methyl sites for hydroxylation is 1. The predicted octanol–water partition coefficient (Wildman–Crippen LogP) is 4.42. The van der Waals surface area contributed by atoms with Crippen molar-refractivity contribution >= 4 is 28.6 Å². The van der Waals surface area contributed by atoms with Crippen molar-refractivity contribution in [3.05, 3.63) is 53.3 Å². The molecule has 0 bridgehead atoms.